The zero-order chi connectivity index (χ0) is 21.3. The number of ether oxygens (including phenoxy) is 2. The van der Waals surface area contributed by atoms with Crippen LogP contribution >= 0.6 is 0 Å². The predicted molar refractivity (Wildman–Crippen MR) is 129 cm³/mol. The molecule has 0 N–H and O–H groups in total. The van der Waals surface area contributed by atoms with E-state index in [0.29, 0.717) is 13.5 Å². The lowest BCUT2D eigenvalue weighted by molar-refractivity contribution is 0.0824. The Bertz CT molecular complexity index is 1170. The van der Waals surface area contributed by atoms with Gasteiger partial charge in [-0.1, -0.05) is 72.8 Å². The molecule has 0 bridgehead atoms. The van der Waals surface area contributed by atoms with Gasteiger partial charge in [0.2, 0.25) is 0 Å². The van der Waals surface area contributed by atoms with E-state index < -0.39 is 0 Å². The molecule has 0 spiro atoms. The highest BCUT2D eigenvalue weighted by Gasteiger charge is 2.21. The largest absolute Gasteiger partial charge is 0.477 e. The SMILES string of the molecule is c1ccc2c3c(ccc2c1)CN(CCCCN1COc2c(ccc4ccccc24)C1)CO3. The minimum absolute atomic E-state index is 0.675. The van der Waals surface area contributed by atoms with Gasteiger partial charge < -0.3 is 9.47 Å². The molecule has 0 unspecified atom stereocenters. The van der Waals surface area contributed by atoms with Gasteiger partial charge in [-0.3, -0.25) is 9.80 Å². The van der Waals surface area contributed by atoms with Crippen molar-refractivity contribution in [2.24, 2.45) is 0 Å². The third-order valence-electron chi connectivity index (χ3n) is 6.69. The molecule has 0 amide bonds. The van der Waals surface area contributed by atoms with E-state index in [0.717, 1.165) is 50.5 Å². The van der Waals surface area contributed by atoms with Gasteiger partial charge in [-0.2, -0.15) is 0 Å². The lowest BCUT2D eigenvalue weighted by Crippen LogP contribution is -2.35. The van der Waals surface area contributed by atoms with Crippen LogP contribution in [0.15, 0.2) is 72.8 Å². The summed E-state index contributed by atoms with van der Waals surface area (Å²) in [6.07, 6.45) is 2.32. The third kappa shape index (κ3) is 3.70. The first kappa shape index (κ1) is 19.6. The fraction of sp³-hybridized carbons (Fsp3) is 0.286. The van der Waals surface area contributed by atoms with Crippen LogP contribution in [0.1, 0.15) is 24.0 Å². The van der Waals surface area contributed by atoms with Crippen LogP contribution in [0.3, 0.4) is 0 Å². The Hall–Kier alpha value is -3.08. The Morgan fingerprint density at radius 3 is 1.53 bits per heavy atom. The molecular weight excluding hydrogens is 396 g/mol. The number of unbranched alkanes of at least 4 members (excludes halogenated alkanes) is 1. The highest BCUT2D eigenvalue weighted by atomic mass is 16.5. The maximum atomic E-state index is 6.17. The van der Waals surface area contributed by atoms with Crippen LogP contribution in [0.4, 0.5) is 0 Å². The van der Waals surface area contributed by atoms with Gasteiger partial charge in [-0.25, -0.2) is 0 Å². The average molecular weight is 425 g/mol. The van der Waals surface area contributed by atoms with E-state index in [1.54, 1.807) is 0 Å². The first-order valence-electron chi connectivity index (χ1n) is 11.6. The average Bonchev–Trinajstić information content (AvgIpc) is 2.86. The molecule has 0 radical (unpaired) electrons. The summed E-state index contributed by atoms with van der Waals surface area (Å²) in [4.78, 5) is 4.82. The van der Waals surface area contributed by atoms with Gasteiger partial charge >= 0.3 is 0 Å². The Kier molecular flexibility index (Phi) is 5.18. The highest BCUT2D eigenvalue weighted by molar-refractivity contribution is 5.90. The standard InChI is InChI=1S/C28H28N2O2/c1-3-9-25-21(7-1)11-13-23-17-29(19-31-27(23)25)15-5-6-16-30-18-24-14-12-22-8-2-4-10-26(22)28(24)32-20-30/h1-4,7-14H,5-6,15-20H2. The van der Waals surface area contributed by atoms with Crippen molar-refractivity contribution in [2.45, 2.75) is 25.9 Å². The minimum Gasteiger partial charge on any atom is -0.477 e. The smallest absolute Gasteiger partial charge is 0.142 e. The summed E-state index contributed by atoms with van der Waals surface area (Å²) in [6.45, 7) is 5.40. The lowest BCUT2D eigenvalue weighted by atomic mass is 10.0. The number of hydrogen-bond acceptors (Lipinski definition) is 4. The molecule has 4 heteroatoms. The Morgan fingerprint density at radius 1 is 0.562 bits per heavy atom. The van der Waals surface area contributed by atoms with Gasteiger partial charge in [0.25, 0.3) is 0 Å². The maximum absolute atomic E-state index is 6.17. The molecule has 0 fully saturated rings. The van der Waals surface area contributed by atoms with Crippen molar-refractivity contribution in [2.75, 3.05) is 26.6 Å². The molecule has 162 valence electrons. The Balaban J connectivity index is 1.02. The Labute approximate surface area is 189 Å². The van der Waals surface area contributed by atoms with Crippen molar-refractivity contribution in [1.29, 1.82) is 0 Å². The molecule has 2 aliphatic heterocycles. The molecule has 2 aliphatic rings. The Morgan fingerprint density at radius 2 is 1.03 bits per heavy atom. The molecule has 4 aromatic carbocycles. The van der Waals surface area contributed by atoms with E-state index in [4.69, 9.17) is 9.47 Å². The summed E-state index contributed by atoms with van der Waals surface area (Å²) in [7, 11) is 0. The van der Waals surface area contributed by atoms with Gasteiger partial charge in [0.05, 0.1) is 0 Å². The summed E-state index contributed by atoms with van der Waals surface area (Å²) in [5.41, 5.74) is 2.59. The van der Waals surface area contributed by atoms with Gasteiger partial charge in [-0.15, -0.1) is 0 Å². The van der Waals surface area contributed by atoms with Crippen molar-refractivity contribution in [3.8, 4) is 11.5 Å². The summed E-state index contributed by atoms with van der Waals surface area (Å²) in [6, 6.07) is 25.8. The van der Waals surface area contributed by atoms with Crippen LogP contribution in [0.25, 0.3) is 21.5 Å². The summed E-state index contributed by atoms with van der Waals surface area (Å²) >= 11 is 0. The van der Waals surface area contributed by atoms with Gasteiger partial charge in [0.15, 0.2) is 0 Å². The summed E-state index contributed by atoms with van der Waals surface area (Å²) in [5, 5.41) is 4.95. The number of hydrogen-bond donors (Lipinski definition) is 0. The second-order valence-corrected chi connectivity index (χ2v) is 8.91. The van der Waals surface area contributed by atoms with Crippen LogP contribution < -0.4 is 9.47 Å². The van der Waals surface area contributed by atoms with E-state index >= 15 is 0 Å². The van der Waals surface area contributed by atoms with E-state index in [-0.39, 0.29) is 0 Å². The number of fused-ring (bicyclic) bond motifs is 6. The molecule has 0 aliphatic carbocycles. The molecule has 0 saturated heterocycles. The van der Waals surface area contributed by atoms with Gasteiger partial charge in [0.1, 0.15) is 25.0 Å². The fourth-order valence-corrected chi connectivity index (χ4v) is 5.01. The normalized spacial score (nSPS) is 16.4. The van der Waals surface area contributed by atoms with Crippen molar-refractivity contribution in [3.05, 3.63) is 83.9 Å². The zero-order valence-corrected chi connectivity index (χ0v) is 18.3. The molecule has 0 atom stereocenters. The molecular formula is C28H28N2O2. The van der Waals surface area contributed by atoms with Crippen LogP contribution in [0, 0.1) is 0 Å². The third-order valence-corrected chi connectivity index (χ3v) is 6.69. The fourth-order valence-electron chi connectivity index (χ4n) is 5.01. The van der Waals surface area contributed by atoms with Crippen molar-refractivity contribution in [1.82, 2.24) is 9.80 Å². The van der Waals surface area contributed by atoms with Crippen molar-refractivity contribution < 1.29 is 9.47 Å². The topological polar surface area (TPSA) is 24.9 Å². The molecule has 32 heavy (non-hydrogen) atoms. The predicted octanol–water partition coefficient (Wildman–Crippen LogP) is 5.78. The second kappa shape index (κ2) is 8.45. The minimum atomic E-state index is 0.675. The summed E-state index contributed by atoms with van der Waals surface area (Å²) < 4.78 is 12.3. The van der Waals surface area contributed by atoms with Crippen LogP contribution in [0.5, 0.6) is 11.5 Å². The maximum Gasteiger partial charge on any atom is 0.142 e. The zero-order valence-electron chi connectivity index (χ0n) is 18.3. The van der Waals surface area contributed by atoms with Crippen LogP contribution in [-0.2, 0) is 13.1 Å². The molecule has 4 aromatic rings. The van der Waals surface area contributed by atoms with Crippen molar-refractivity contribution >= 4 is 21.5 Å². The monoisotopic (exact) mass is 424 g/mol. The molecule has 2 heterocycles. The van der Waals surface area contributed by atoms with Gasteiger partial charge in [0, 0.05) is 48.1 Å². The van der Waals surface area contributed by atoms with Crippen LogP contribution in [0.2, 0.25) is 0 Å². The van der Waals surface area contributed by atoms with E-state index in [1.807, 2.05) is 0 Å². The van der Waals surface area contributed by atoms with E-state index in [9.17, 15) is 0 Å². The van der Waals surface area contributed by atoms with Crippen LogP contribution in [-0.4, -0.2) is 36.4 Å². The molecule has 0 saturated carbocycles. The van der Waals surface area contributed by atoms with E-state index in [1.165, 1.54) is 32.7 Å². The first-order chi connectivity index (χ1) is 15.8. The van der Waals surface area contributed by atoms with Crippen molar-refractivity contribution in [3.63, 3.8) is 0 Å². The molecule has 6 rings (SSSR count). The van der Waals surface area contributed by atoms with Gasteiger partial charge in [-0.05, 0) is 23.6 Å². The number of nitrogens with zero attached hydrogens (tertiary/aromatic N) is 2. The number of benzene rings is 4. The molecule has 4 nitrogen and oxygen atoms in total. The quantitative estimate of drug-likeness (QED) is 0.379. The summed E-state index contributed by atoms with van der Waals surface area (Å²) in [5.74, 6) is 2.13. The lowest BCUT2D eigenvalue weighted by Gasteiger charge is -2.31. The second-order valence-electron chi connectivity index (χ2n) is 8.91. The molecule has 0 aromatic heterocycles. The van der Waals surface area contributed by atoms with E-state index in [2.05, 4.69) is 82.6 Å². The highest BCUT2D eigenvalue weighted by Crippen LogP contribution is 2.34. The number of rotatable bonds is 5. The first-order valence-corrected chi connectivity index (χ1v) is 11.6.